The number of hydrogen-bond donors (Lipinski definition) is 1. The van der Waals surface area contributed by atoms with Crippen molar-refractivity contribution in [2.75, 3.05) is 17.4 Å². The van der Waals surface area contributed by atoms with Crippen LogP contribution in [0, 0.1) is 5.82 Å². The summed E-state index contributed by atoms with van der Waals surface area (Å²) < 4.78 is 44.3. The fraction of sp³-hybridized carbons (Fsp3) is 0.297. The molecule has 0 bridgehead atoms. The molecule has 4 aromatic carbocycles. The SMILES string of the molecule is CCCCNC(=O)[C@H](Cc1ccccc1)N(Cc1ccccc1F)C(=O)CN(c1ccc(C(C)C)cc1)S(=O)(=O)c1ccccc1. The zero-order valence-corrected chi connectivity index (χ0v) is 27.4. The van der Waals surface area contributed by atoms with Gasteiger partial charge in [0.25, 0.3) is 10.0 Å². The first kappa shape index (κ1) is 34.4. The van der Waals surface area contributed by atoms with Crippen LogP contribution in [0.2, 0.25) is 0 Å². The predicted molar refractivity (Wildman–Crippen MR) is 180 cm³/mol. The van der Waals surface area contributed by atoms with Crippen molar-refractivity contribution >= 4 is 27.5 Å². The summed E-state index contributed by atoms with van der Waals surface area (Å²) in [6, 6.07) is 29.3. The number of carbonyl (C=O) groups excluding carboxylic acids is 2. The molecular weight excluding hydrogens is 601 g/mol. The van der Waals surface area contributed by atoms with Crippen LogP contribution in [0.5, 0.6) is 0 Å². The molecule has 0 saturated heterocycles. The normalized spacial score (nSPS) is 12.0. The van der Waals surface area contributed by atoms with E-state index in [9.17, 15) is 18.0 Å². The molecule has 0 saturated carbocycles. The lowest BCUT2D eigenvalue weighted by atomic mass is 10.0. The first-order valence-electron chi connectivity index (χ1n) is 15.6. The van der Waals surface area contributed by atoms with Crippen LogP contribution in [-0.4, -0.2) is 44.3 Å². The molecule has 0 aliphatic heterocycles. The van der Waals surface area contributed by atoms with Crippen molar-refractivity contribution in [1.82, 2.24) is 10.2 Å². The van der Waals surface area contributed by atoms with Crippen molar-refractivity contribution < 1.29 is 22.4 Å². The highest BCUT2D eigenvalue weighted by Crippen LogP contribution is 2.27. The van der Waals surface area contributed by atoms with Crippen LogP contribution in [0.1, 0.15) is 56.2 Å². The van der Waals surface area contributed by atoms with E-state index in [0.717, 1.165) is 28.3 Å². The number of anilines is 1. The van der Waals surface area contributed by atoms with Gasteiger partial charge in [0.1, 0.15) is 18.4 Å². The summed E-state index contributed by atoms with van der Waals surface area (Å²) >= 11 is 0. The van der Waals surface area contributed by atoms with Gasteiger partial charge < -0.3 is 10.2 Å². The van der Waals surface area contributed by atoms with Crippen molar-refractivity contribution in [3.8, 4) is 0 Å². The topological polar surface area (TPSA) is 86.8 Å². The van der Waals surface area contributed by atoms with E-state index in [1.807, 2.05) is 63.2 Å². The molecule has 7 nitrogen and oxygen atoms in total. The highest BCUT2D eigenvalue weighted by Gasteiger charge is 2.35. The molecule has 2 amide bonds. The number of rotatable bonds is 15. The Morgan fingerprint density at radius 3 is 2.04 bits per heavy atom. The second kappa shape index (κ2) is 16.2. The monoisotopic (exact) mass is 643 g/mol. The van der Waals surface area contributed by atoms with Crippen molar-refractivity contribution in [2.24, 2.45) is 0 Å². The first-order valence-corrected chi connectivity index (χ1v) is 17.1. The van der Waals surface area contributed by atoms with Gasteiger partial charge in [0.15, 0.2) is 0 Å². The van der Waals surface area contributed by atoms with Crippen LogP contribution in [0.25, 0.3) is 0 Å². The number of nitrogens with one attached hydrogen (secondary N) is 1. The minimum absolute atomic E-state index is 0.0227. The first-order chi connectivity index (χ1) is 22.1. The lowest BCUT2D eigenvalue weighted by Gasteiger charge is -2.34. The Morgan fingerprint density at radius 1 is 0.826 bits per heavy atom. The van der Waals surface area contributed by atoms with Crippen LogP contribution in [0.3, 0.4) is 0 Å². The van der Waals surface area contributed by atoms with Gasteiger partial charge in [-0.05, 0) is 53.8 Å². The Morgan fingerprint density at radius 2 is 1.43 bits per heavy atom. The van der Waals surface area contributed by atoms with Gasteiger partial charge in [0, 0.05) is 25.1 Å². The summed E-state index contributed by atoms with van der Waals surface area (Å²) in [7, 11) is -4.21. The molecule has 9 heteroatoms. The van der Waals surface area contributed by atoms with Crippen LogP contribution < -0.4 is 9.62 Å². The molecule has 46 heavy (non-hydrogen) atoms. The zero-order valence-electron chi connectivity index (χ0n) is 26.6. The maximum atomic E-state index is 15.0. The lowest BCUT2D eigenvalue weighted by Crippen LogP contribution is -2.53. The van der Waals surface area contributed by atoms with Crippen LogP contribution in [-0.2, 0) is 32.6 Å². The third-order valence-corrected chi connectivity index (χ3v) is 9.65. The minimum atomic E-state index is -4.21. The molecule has 0 fully saturated rings. The Labute approximate surface area is 272 Å². The second-order valence-electron chi connectivity index (χ2n) is 11.5. The van der Waals surface area contributed by atoms with E-state index in [0.29, 0.717) is 12.2 Å². The smallest absolute Gasteiger partial charge is 0.264 e. The highest BCUT2D eigenvalue weighted by atomic mass is 32.2. The second-order valence-corrected chi connectivity index (χ2v) is 13.4. The molecule has 1 N–H and O–H groups in total. The fourth-order valence-corrected chi connectivity index (χ4v) is 6.58. The summed E-state index contributed by atoms with van der Waals surface area (Å²) in [6.45, 7) is 5.68. The van der Waals surface area contributed by atoms with E-state index in [4.69, 9.17) is 0 Å². The maximum absolute atomic E-state index is 15.0. The van der Waals surface area contributed by atoms with Gasteiger partial charge in [-0.2, -0.15) is 0 Å². The summed E-state index contributed by atoms with van der Waals surface area (Å²) in [4.78, 5) is 29.6. The van der Waals surface area contributed by atoms with Crippen molar-refractivity contribution in [2.45, 2.75) is 63.4 Å². The predicted octanol–water partition coefficient (Wildman–Crippen LogP) is 6.70. The number of nitrogens with zero attached hydrogens (tertiary/aromatic N) is 2. The van der Waals surface area contributed by atoms with Gasteiger partial charge in [-0.15, -0.1) is 0 Å². The van der Waals surface area contributed by atoms with Crippen molar-refractivity contribution in [3.63, 3.8) is 0 Å². The summed E-state index contributed by atoms with van der Waals surface area (Å²) in [6.07, 6.45) is 1.78. The van der Waals surface area contributed by atoms with Crippen LogP contribution in [0.15, 0.2) is 114 Å². The number of unbranched alkanes of at least 4 members (excludes halogenated alkanes) is 1. The van der Waals surface area contributed by atoms with Gasteiger partial charge in [-0.1, -0.05) is 106 Å². The van der Waals surface area contributed by atoms with E-state index in [1.54, 1.807) is 48.5 Å². The molecular formula is C37H42FN3O4S. The molecule has 4 aromatic rings. The number of sulfonamides is 1. The van der Waals surface area contributed by atoms with Crippen LogP contribution in [0.4, 0.5) is 10.1 Å². The van der Waals surface area contributed by atoms with E-state index in [2.05, 4.69) is 5.32 Å². The third kappa shape index (κ3) is 8.81. The highest BCUT2D eigenvalue weighted by molar-refractivity contribution is 7.92. The Bertz CT molecular complexity index is 1680. The van der Waals surface area contributed by atoms with Crippen molar-refractivity contribution in [3.05, 3.63) is 132 Å². The summed E-state index contributed by atoms with van der Waals surface area (Å²) in [5.74, 6) is -1.33. The molecule has 0 aliphatic rings. The number of benzene rings is 4. The molecule has 0 unspecified atom stereocenters. The van der Waals surface area contributed by atoms with E-state index in [1.165, 1.54) is 23.1 Å². The quantitative estimate of drug-likeness (QED) is 0.146. The van der Waals surface area contributed by atoms with Gasteiger partial charge in [0.05, 0.1) is 10.6 Å². The number of carbonyl (C=O) groups is 2. The summed E-state index contributed by atoms with van der Waals surface area (Å²) in [5, 5.41) is 2.94. The standard InChI is InChI=1S/C37H42FN3O4S/c1-4-5-24-39-37(43)35(25-29-14-8-6-9-15-29)40(26-31-16-12-13-19-34(31)38)36(42)27-41(32-22-20-30(21-23-32)28(2)3)46(44,45)33-17-10-7-11-18-33/h6-23,28,35H,4-5,24-27H2,1-3H3,(H,39,43)/t35-/m0/s1. The van der Waals surface area contributed by atoms with E-state index >= 15 is 4.39 Å². The average molecular weight is 644 g/mol. The number of hydrogen-bond acceptors (Lipinski definition) is 4. The third-order valence-electron chi connectivity index (χ3n) is 7.86. The minimum Gasteiger partial charge on any atom is -0.354 e. The molecule has 4 rings (SSSR count). The Hall–Kier alpha value is -4.50. The fourth-order valence-electron chi connectivity index (χ4n) is 5.14. The molecule has 0 aliphatic carbocycles. The van der Waals surface area contributed by atoms with Crippen LogP contribution >= 0.6 is 0 Å². The van der Waals surface area contributed by atoms with E-state index in [-0.39, 0.29) is 35.2 Å². The maximum Gasteiger partial charge on any atom is 0.264 e. The Balaban J connectivity index is 1.80. The summed E-state index contributed by atoms with van der Waals surface area (Å²) in [5.41, 5.74) is 2.34. The molecule has 0 radical (unpaired) electrons. The van der Waals surface area contributed by atoms with Gasteiger partial charge in [-0.25, -0.2) is 12.8 Å². The molecule has 1 atom stereocenters. The molecule has 242 valence electrons. The van der Waals surface area contributed by atoms with Gasteiger partial charge in [0.2, 0.25) is 11.8 Å². The van der Waals surface area contributed by atoms with E-state index < -0.39 is 34.3 Å². The number of amides is 2. The zero-order chi connectivity index (χ0) is 33.1. The molecule has 0 aromatic heterocycles. The number of halogens is 1. The molecule has 0 heterocycles. The Kier molecular flexibility index (Phi) is 12.1. The molecule has 0 spiro atoms. The average Bonchev–Trinajstić information content (AvgIpc) is 3.06. The van der Waals surface area contributed by atoms with Gasteiger partial charge >= 0.3 is 0 Å². The van der Waals surface area contributed by atoms with Gasteiger partial charge in [-0.3, -0.25) is 13.9 Å². The lowest BCUT2D eigenvalue weighted by molar-refractivity contribution is -0.140. The largest absolute Gasteiger partial charge is 0.354 e. The van der Waals surface area contributed by atoms with Crippen molar-refractivity contribution in [1.29, 1.82) is 0 Å².